The third-order valence-corrected chi connectivity index (χ3v) is 3.43. The number of ether oxygens (including phenoxy) is 1. The standard InChI is InChI=1S/C17H16F3NO3/c1-24-15-5-3-2-4-13(15)16(23)21-10-14(22)11-6-8-12(9-7-11)17(18,19)20/h2-9,14,22H,10H2,1H3,(H,21,23). The Morgan fingerprint density at radius 2 is 1.79 bits per heavy atom. The third kappa shape index (κ3) is 4.26. The van der Waals surface area contributed by atoms with E-state index in [1.807, 2.05) is 0 Å². The molecule has 0 aliphatic heterocycles. The van der Waals surface area contributed by atoms with Crippen molar-refractivity contribution in [2.75, 3.05) is 13.7 Å². The van der Waals surface area contributed by atoms with Gasteiger partial charge < -0.3 is 15.2 Å². The first-order chi connectivity index (χ1) is 11.3. The van der Waals surface area contributed by atoms with Crippen LogP contribution >= 0.6 is 0 Å². The molecule has 1 atom stereocenters. The number of alkyl halides is 3. The van der Waals surface area contributed by atoms with Gasteiger partial charge in [0.2, 0.25) is 0 Å². The van der Waals surface area contributed by atoms with E-state index in [-0.39, 0.29) is 12.1 Å². The maximum absolute atomic E-state index is 12.5. The average Bonchev–Trinajstić information content (AvgIpc) is 2.58. The Balaban J connectivity index is 2.00. The summed E-state index contributed by atoms with van der Waals surface area (Å²) < 4.78 is 42.6. The summed E-state index contributed by atoms with van der Waals surface area (Å²) in [5.74, 6) is -0.0579. The van der Waals surface area contributed by atoms with E-state index in [0.29, 0.717) is 11.3 Å². The molecule has 4 nitrogen and oxygen atoms in total. The fraction of sp³-hybridized carbons (Fsp3) is 0.235. The molecule has 0 fully saturated rings. The van der Waals surface area contributed by atoms with Gasteiger partial charge in [0.15, 0.2) is 0 Å². The number of aliphatic hydroxyl groups is 1. The van der Waals surface area contributed by atoms with Gasteiger partial charge in [-0.1, -0.05) is 24.3 Å². The van der Waals surface area contributed by atoms with Crippen LogP contribution in [0.1, 0.15) is 27.6 Å². The summed E-state index contributed by atoms with van der Waals surface area (Å²) in [7, 11) is 1.43. The molecule has 2 aromatic rings. The van der Waals surface area contributed by atoms with Crippen LogP contribution in [0.3, 0.4) is 0 Å². The van der Waals surface area contributed by atoms with Crippen molar-refractivity contribution in [3.8, 4) is 5.75 Å². The molecule has 1 unspecified atom stereocenters. The highest BCUT2D eigenvalue weighted by Crippen LogP contribution is 2.29. The second-order valence-electron chi connectivity index (χ2n) is 5.05. The van der Waals surface area contributed by atoms with Crippen LogP contribution < -0.4 is 10.1 Å². The molecule has 2 rings (SSSR count). The second kappa shape index (κ2) is 7.35. The fourth-order valence-electron chi connectivity index (χ4n) is 2.13. The van der Waals surface area contributed by atoms with Crippen molar-refractivity contribution in [1.29, 1.82) is 0 Å². The van der Waals surface area contributed by atoms with Crippen molar-refractivity contribution in [2.45, 2.75) is 12.3 Å². The zero-order valence-electron chi connectivity index (χ0n) is 12.8. The van der Waals surface area contributed by atoms with E-state index in [0.717, 1.165) is 12.1 Å². The number of carbonyl (C=O) groups excluding carboxylic acids is 1. The van der Waals surface area contributed by atoms with Crippen LogP contribution in [0, 0.1) is 0 Å². The molecule has 24 heavy (non-hydrogen) atoms. The van der Waals surface area contributed by atoms with Gasteiger partial charge in [0.05, 0.1) is 24.3 Å². The average molecular weight is 339 g/mol. The largest absolute Gasteiger partial charge is 0.496 e. The van der Waals surface area contributed by atoms with Crippen LogP contribution in [0.25, 0.3) is 0 Å². The highest BCUT2D eigenvalue weighted by atomic mass is 19.4. The number of nitrogens with one attached hydrogen (secondary N) is 1. The number of methoxy groups -OCH3 is 1. The molecule has 0 spiro atoms. The molecule has 0 saturated carbocycles. The lowest BCUT2D eigenvalue weighted by molar-refractivity contribution is -0.137. The van der Waals surface area contributed by atoms with Gasteiger partial charge in [-0.2, -0.15) is 13.2 Å². The van der Waals surface area contributed by atoms with E-state index < -0.39 is 23.8 Å². The van der Waals surface area contributed by atoms with Crippen LogP contribution in [0.15, 0.2) is 48.5 Å². The minimum atomic E-state index is -4.43. The lowest BCUT2D eigenvalue weighted by atomic mass is 10.1. The first-order valence-electron chi connectivity index (χ1n) is 7.09. The zero-order valence-corrected chi connectivity index (χ0v) is 12.8. The maximum Gasteiger partial charge on any atom is 0.416 e. The summed E-state index contributed by atoms with van der Waals surface area (Å²) in [6.45, 7) is -0.137. The first kappa shape index (κ1) is 17.8. The third-order valence-electron chi connectivity index (χ3n) is 3.43. The predicted molar refractivity (Wildman–Crippen MR) is 81.7 cm³/mol. The van der Waals surface area contributed by atoms with Crippen LogP contribution in [-0.2, 0) is 6.18 Å². The van der Waals surface area contributed by atoms with Gasteiger partial charge in [0.25, 0.3) is 5.91 Å². The van der Waals surface area contributed by atoms with Crippen molar-refractivity contribution in [3.05, 3.63) is 65.2 Å². The molecular formula is C17H16F3NO3. The smallest absolute Gasteiger partial charge is 0.416 e. The number of para-hydroxylation sites is 1. The molecule has 0 bridgehead atoms. The van der Waals surface area contributed by atoms with Crippen molar-refractivity contribution in [1.82, 2.24) is 5.32 Å². The van der Waals surface area contributed by atoms with E-state index in [1.165, 1.54) is 19.2 Å². The molecule has 128 valence electrons. The van der Waals surface area contributed by atoms with Gasteiger partial charge in [-0.15, -0.1) is 0 Å². The Kier molecular flexibility index (Phi) is 5.46. The van der Waals surface area contributed by atoms with Crippen LogP contribution in [-0.4, -0.2) is 24.7 Å². The van der Waals surface area contributed by atoms with Crippen molar-refractivity contribution < 1.29 is 27.8 Å². The topological polar surface area (TPSA) is 58.6 Å². The van der Waals surface area contributed by atoms with E-state index in [9.17, 15) is 23.1 Å². The molecule has 0 aliphatic carbocycles. The van der Waals surface area contributed by atoms with E-state index in [4.69, 9.17) is 4.74 Å². The number of rotatable bonds is 5. The van der Waals surface area contributed by atoms with Crippen LogP contribution in [0.4, 0.5) is 13.2 Å². The lowest BCUT2D eigenvalue weighted by Crippen LogP contribution is -2.28. The summed E-state index contributed by atoms with van der Waals surface area (Å²) in [4.78, 5) is 12.1. The van der Waals surface area contributed by atoms with Gasteiger partial charge in [0, 0.05) is 6.54 Å². The number of halogens is 3. The minimum absolute atomic E-state index is 0.137. The molecular weight excluding hydrogens is 323 g/mol. The van der Waals surface area contributed by atoms with Gasteiger partial charge in [-0.25, -0.2) is 0 Å². The van der Waals surface area contributed by atoms with Crippen LogP contribution in [0.2, 0.25) is 0 Å². The number of amides is 1. The SMILES string of the molecule is COc1ccccc1C(=O)NCC(O)c1ccc(C(F)(F)F)cc1. The van der Waals surface area contributed by atoms with Crippen molar-refractivity contribution in [2.24, 2.45) is 0 Å². The van der Waals surface area contributed by atoms with Gasteiger partial charge in [-0.3, -0.25) is 4.79 Å². The van der Waals surface area contributed by atoms with E-state index >= 15 is 0 Å². The summed E-state index contributed by atoms with van der Waals surface area (Å²) in [6.07, 6.45) is -5.55. The quantitative estimate of drug-likeness (QED) is 0.880. The molecule has 0 saturated heterocycles. The fourth-order valence-corrected chi connectivity index (χ4v) is 2.13. The summed E-state index contributed by atoms with van der Waals surface area (Å²) in [5.41, 5.74) is -0.209. The molecule has 2 N–H and O–H groups in total. The predicted octanol–water partition coefficient (Wildman–Crippen LogP) is 3.18. The zero-order chi connectivity index (χ0) is 17.7. The monoisotopic (exact) mass is 339 g/mol. The number of hydrogen-bond acceptors (Lipinski definition) is 3. The molecule has 2 aromatic carbocycles. The first-order valence-corrected chi connectivity index (χ1v) is 7.09. The number of carbonyl (C=O) groups is 1. The Hall–Kier alpha value is -2.54. The molecule has 0 aliphatic rings. The number of aliphatic hydroxyl groups excluding tert-OH is 1. The molecule has 7 heteroatoms. The normalized spacial score (nSPS) is 12.5. The maximum atomic E-state index is 12.5. The molecule has 0 radical (unpaired) electrons. The summed E-state index contributed by atoms with van der Waals surface area (Å²) in [6, 6.07) is 10.7. The van der Waals surface area contributed by atoms with Gasteiger partial charge in [-0.05, 0) is 29.8 Å². The van der Waals surface area contributed by atoms with Crippen molar-refractivity contribution >= 4 is 5.91 Å². The van der Waals surface area contributed by atoms with Gasteiger partial charge >= 0.3 is 6.18 Å². The highest BCUT2D eigenvalue weighted by Gasteiger charge is 2.30. The molecule has 0 heterocycles. The van der Waals surface area contributed by atoms with Crippen molar-refractivity contribution in [3.63, 3.8) is 0 Å². The molecule has 1 amide bonds. The summed E-state index contributed by atoms with van der Waals surface area (Å²) >= 11 is 0. The highest BCUT2D eigenvalue weighted by molar-refractivity contribution is 5.96. The number of benzene rings is 2. The Bertz CT molecular complexity index is 699. The van der Waals surface area contributed by atoms with Crippen LogP contribution in [0.5, 0.6) is 5.75 Å². The Morgan fingerprint density at radius 1 is 1.17 bits per heavy atom. The Morgan fingerprint density at radius 3 is 2.38 bits per heavy atom. The van der Waals surface area contributed by atoms with Gasteiger partial charge in [0.1, 0.15) is 5.75 Å². The lowest BCUT2D eigenvalue weighted by Gasteiger charge is -2.14. The minimum Gasteiger partial charge on any atom is -0.496 e. The summed E-state index contributed by atoms with van der Waals surface area (Å²) in [5, 5.41) is 12.5. The molecule has 0 aromatic heterocycles. The second-order valence-corrected chi connectivity index (χ2v) is 5.05. The number of hydrogen-bond donors (Lipinski definition) is 2. The Labute approximate surface area is 136 Å². The van der Waals surface area contributed by atoms with E-state index in [2.05, 4.69) is 5.32 Å². The van der Waals surface area contributed by atoms with E-state index in [1.54, 1.807) is 24.3 Å².